The first-order valence-electron chi connectivity index (χ1n) is 4.61. The molecule has 0 aromatic heterocycles. The molecule has 0 saturated carbocycles. The molecule has 0 aliphatic heterocycles. The van der Waals surface area contributed by atoms with Crippen molar-refractivity contribution in [1.82, 2.24) is 4.90 Å². The van der Waals surface area contributed by atoms with Crippen LogP contribution < -0.4 is 0 Å². The topological polar surface area (TPSA) is 46.6 Å². The Balaban J connectivity index is 4.04. The van der Waals surface area contributed by atoms with Crippen LogP contribution in [-0.2, 0) is 14.3 Å². The summed E-state index contributed by atoms with van der Waals surface area (Å²) in [7, 11) is 1.31. The third-order valence-electron chi connectivity index (χ3n) is 1.84. The van der Waals surface area contributed by atoms with E-state index in [1.807, 2.05) is 6.92 Å². The summed E-state index contributed by atoms with van der Waals surface area (Å²) in [5, 5.41) is 0. The summed E-state index contributed by atoms with van der Waals surface area (Å²) in [5.74, 6) is -0.434. The fraction of sp³-hybridized carbons (Fsp3) is 0.600. The van der Waals surface area contributed by atoms with E-state index in [0.717, 1.165) is 0 Å². The van der Waals surface area contributed by atoms with Gasteiger partial charge in [0.15, 0.2) is 0 Å². The molecule has 0 N–H and O–H groups in total. The molecule has 0 saturated heterocycles. The Morgan fingerprint density at radius 3 is 2.57 bits per heavy atom. The number of rotatable bonds is 6. The SMILES string of the molecule is C=CCCC(=O)N(CC)CC(=O)OC. The van der Waals surface area contributed by atoms with Crippen LogP contribution in [0.1, 0.15) is 19.8 Å². The van der Waals surface area contributed by atoms with Crippen molar-refractivity contribution in [3.05, 3.63) is 12.7 Å². The smallest absolute Gasteiger partial charge is 0.325 e. The van der Waals surface area contributed by atoms with Gasteiger partial charge in [0, 0.05) is 13.0 Å². The Morgan fingerprint density at radius 2 is 2.14 bits per heavy atom. The number of allylic oxidation sites excluding steroid dienone is 1. The fourth-order valence-electron chi connectivity index (χ4n) is 0.980. The number of hydrogen-bond acceptors (Lipinski definition) is 3. The predicted molar refractivity (Wildman–Crippen MR) is 53.7 cm³/mol. The van der Waals surface area contributed by atoms with Crippen molar-refractivity contribution < 1.29 is 14.3 Å². The van der Waals surface area contributed by atoms with Gasteiger partial charge < -0.3 is 9.64 Å². The first kappa shape index (κ1) is 12.7. The Bertz CT molecular complexity index is 213. The van der Waals surface area contributed by atoms with Crippen LogP contribution in [-0.4, -0.2) is 37.0 Å². The largest absolute Gasteiger partial charge is 0.468 e. The molecule has 0 heterocycles. The van der Waals surface area contributed by atoms with Crippen LogP contribution in [0.4, 0.5) is 0 Å². The van der Waals surface area contributed by atoms with Crippen molar-refractivity contribution in [3.63, 3.8) is 0 Å². The van der Waals surface area contributed by atoms with Crippen molar-refractivity contribution in [2.75, 3.05) is 20.2 Å². The molecule has 1 amide bonds. The van der Waals surface area contributed by atoms with Gasteiger partial charge in [0.2, 0.25) is 5.91 Å². The van der Waals surface area contributed by atoms with Crippen LogP contribution in [0.15, 0.2) is 12.7 Å². The molecule has 0 aliphatic carbocycles. The number of esters is 1. The molecular weight excluding hydrogens is 182 g/mol. The Morgan fingerprint density at radius 1 is 1.50 bits per heavy atom. The van der Waals surface area contributed by atoms with E-state index < -0.39 is 0 Å². The molecule has 4 heteroatoms. The normalized spacial score (nSPS) is 9.29. The maximum absolute atomic E-state index is 11.5. The Hall–Kier alpha value is -1.32. The minimum absolute atomic E-state index is 0.0307. The summed E-state index contributed by atoms with van der Waals surface area (Å²) >= 11 is 0. The van der Waals surface area contributed by atoms with Crippen LogP contribution in [0.5, 0.6) is 0 Å². The molecule has 0 atom stereocenters. The van der Waals surface area contributed by atoms with Gasteiger partial charge in [0.25, 0.3) is 0 Å². The number of methoxy groups -OCH3 is 1. The van der Waals surface area contributed by atoms with Gasteiger partial charge in [-0.1, -0.05) is 6.08 Å². The van der Waals surface area contributed by atoms with Gasteiger partial charge in [-0.2, -0.15) is 0 Å². The number of carbonyl (C=O) groups is 2. The first-order chi connectivity index (χ1) is 6.65. The summed E-state index contributed by atoms with van der Waals surface area (Å²) in [4.78, 5) is 23.8. The maximum atomic E-state index is 11.5. The molecule has 0 fully saturated rings. The summed E-state index contributed by atoms with van der Waals surface area (Å²) in [6, 6.07) is 0. The van der Waals surface area contributed by atoms with Gasteiger partial charge in [-0.25, -0.2) is 0 Å². The van der Waals surface area contributed by atoms with Crippen molar-refractivity contribution in [2.45, 2.75) is 19.8 Å². The lowest BCUT2D eigenvalue weighted by atomic mass is 10.2. The monoisotopic (exact) mass is 199 g/mol. The highest BCUT2D eigenvalue weighted by atomic mass is 16.5. The van der Waals surface area contributed by atoms with Crippen molar-refractivity contribution >= 4 is 11.9 Å². The Labute approximate surface area is 84.5 Å². The number of ether oxygens (including phenoxy) is 1. The van der Waals surface area contributed by atoms with E-state index in [2.05, 4.69) is 11.3 Å². The highest BCUT2D eigenvalue weighted by Gasteiger charge is 2.14. The van der Waals surface area contributed by atoms with E-state index in [0.29, 0.717) is 19.4 Å². The molecular formula is C10H17NO3. The van der Waals surface area contributed by atoms with Crippen molar-refractivity contribution in [1.29, 1.82) is 0 Å². The van der Waals surface area contributed by atoms with E-state index in [1.54, 1.807) is 6.08 Å². The van der Waals surface area contributed by atoms with Gasteiger partial charge in [0.1, 0.15) is 6.54 Å². The van der Waals surface area contributed by atoms with Crippen LogP contribution in [0.25, 0.3) is 0 Å². The maximum Gasteiger partial charge on any atom is 0.325 e. The molecule has 4 nitrogen and oxygen atoms in total. The molecule has 0 radical (unpaired) electrons. The second-order valence-electron chi connectivity index (χ2n) is 2.81. The number of carbonyl (C=O) groups excluding carboxylic acids is 2. The van der Waals surface area contributed by atoms with Gasteiger partial charge in [-0.3, -0.25) is 9.59 Å². The average Bonchev–Trinajstić information content (AvgIpc) is 2.21. The van der Waals surface area contributed by atoms with E-state index in [-0.39, 0.29) is 18.4 Å². The Kier molecular flexibility index (Phi) is 6.45. The minimum Gasteiger partial charge on any atom is -0.468 e. The standard InChI is InChI=1S/C10H17NO3/c1-4-6-7-9(12)11(5-2)8-10(13)14-3/h4H,1,5-8H2,2-3H3. The quantitative estimate of drug-likeness (QED) is 0.473. The van der Waals surface area contributed by atoms with E-state index in [1.165, 1.54) is 12.0 Å². The molecule has 0 aliphatic rings. The average molecular weight is 199 g/mol. The third-order valence-corrected chi connectivity index (χ3v) is 1.84. The summed E-state index contributed by atoms with van der Waals surface area (Å²) in [6.45, 7) is 5.91. The highest BCUT2D eigenvalue weighted by molar-refractivity contribution is 5.82. The molecule has 0 unspecified atom stereocenters. The van der Waals surface area contributed by atoms with Crippen LogP contribution in [0.2, 0.25) is 0 Å². The zero-order valence-corrected chi connectivity index (χ0v) is 8.78. The predicted octanol–water partition coefficient (Wildman–Crippen LogP) is 0.974. The lowest BCUT2D eigenvalue weighted by molar-refractivity contribution is -0.146. The van der Waals surface area contributed by atoms with Crippen LogP contribution in [0.3, 0.4) is 0 Å². The molecule has 0 aromatic rings. The number of amides is 1. The number of hydrogen-bond donors (Lipinski definition) is 0. The lowest BCUT2D eigenvalue weighted by Gasteiger charge is -2.18. The van der Waals surface area contributed by atoms with Gasteiger partial charge in [-0.15, -0.1) is 6.58 Å². The molecule has 0 aromatic carbocycles. The van der Waals surface area contributed by atoms with Crippen LogP contribution in [0, 0.1) is 0 Å². The number of likely N-dealkylation sites (N-methyl/N-ethyl adjacent to an activating group) is 1. The van der Waals surface area contributed by atoms with E-state index >= 15 is 0 Å². The van der Waals surface area contributed by atoms with Crippen molar-refractivity contribution in [2.24, 2.45) is 0 Å². The highest BCUT2D eigenvalue weighted by Crippen LogP contribution is 1.98. The first-order valence-corrected chi connectivity index (χ1v) is 4.61. The van der Waals surface area contributed by atoms with Crippen molar-refractivity contribution in [3.8, 4) is 0 Å². The zero-order valence-electron chi connectivity index (χ0n) is 8.78. The second kappa shape index (κ2) is 7.12. The number of nitrogens with zero attached hydrogens (tertiary/aromatic N) is 1. The minimum atomic E-state index is -0.390. The summed E-state index contributed by atoms with van der Waals surface area (Å²) in [5.41, 5.74) is 0. The van der Waals surface area contributed by atoms with E-state index in [4.69, 9.17) is 0 Å². The molecule has 14 heavy (non-hydrogen) atoms. The molecule has 0 bridgehead atoms. The molecule has 0 spiro atoms. The fourth-order valence-corrected chi connectivity index (χ4v) is 0.980. The summed E-state index contributed by atoms with van der Waals surface area (Å²) in [6.07, 6.45) is 2.72. The van der Waals surface area contributed by atoms with Gasteiger partial charge in [-0.05, 0) is 13.3 Å². The van der Waals surface area contributed by atoms with Crippen LogP contribution >= 0.6 is 0 Å². The van der Waals surface area contributed by atoms with E-state index in [9.17, 15) is 9.59 Å². The lowest BCUT2D eigenvalue weighted by Crippen LogP contribution is -2.35. The third kappa shape index (κ3) is 4.64. The molecule has 80 valence electrons. The summed E-state index contributed by atoms with van der Waals surface area (Å²) < 4.78 is 4.48. The second-order valence-corrected chi connectivity index (χ2v) is 2.81. The van der Waals surface area contributed by atoms with Gasteiger partial charge >= 0.3 is 5.97 Å². The zero-order chi connectivity index (χ0) is 11.0. The molecule has 0 rings (SSSR count). The van der Waals surface area contributed by atoms with Gasteiger partial charge in [0.05, 0.1) is 7.11 Å².